The van der Waals surface area contributed by atoms with Gasteiger partial charge in [-0.05, 0) is 53.1 Å². The van der Waals surface area contributed by atoms with Gasteiger partial charge in [-0.1, -0.05) is 30.3 Å². The van der Waals surface area contributed by atoms with Crippen LogP contribution in [0.15, 0.2) is 85.2 Å². The van der Waals surface area contributed by atoms with E-state index in [1.165, 1.54) is 12.1 Å². The van der Waals surface area contributed by atoms with Crippen LogP contribution >= 0.6 is 0 Å². The summed E-state index contributed by atoms with van der Waals surface area (Å²) in [6.07, 6.45) is 3.39. The molecule has 0 aliphatic heterocycles. The number of nitrogens with zero attached hydrogens (tertiary/aromatic N) is 1. The molecule has 0 fully saturated rings. The van der Waals surface area contributed by atoms with Gasteiger partial charge in [0.25, 0.3) is 5.91 Å². The van der Waals surface area contributed by atoms with E-state index < -0.39 is 0 Å². The summed E-state index contributed by atoms with van der Waals surface area (Å²) < 4.78 is 18.8. The Morgan fingerprint density at radius 3 is 2.66 bits per heavy atom. The van der Waals surface area contributed by atoms with Gasteiger partial charge < -0.3 is 15.0 Å². The summed E-state index contributed by atoms with van der Waals surface area (Å²) >= 11 is 0. The first-order chi connectivity index (χ1) is 14.2. The molecule has 0 aliphatic rings. The lowest BCUT2D eigenvalue weighted by atomic mass is 10.1. The van der Waals surface area contributed by atoms with Crippen molar-refractivity contribution in [1.29, 1.82) is 0 Å². The van der Waals surface area contributed by atoms with Crippen LogP contribution in [0.1, 0.15) is 16.1 Å². The molecule has 0 bridgehead atoms. The maximum Gasteiger partial charge on any atom is 0.267 e. The van der Waals surface area contributed by atoms with E-state index in [0.717, 1.165) is 16.7 Å². The molecule has 0 radical (unpaired) electrons. The Bertz CT molecular complexity index is 1110. The number of carbonyl (C=O) groups excluding carboxylic acids is 1. The highest BCUT2D eigenvalue weighted by atomic mass is 19.1. The monoisotopic (exact) mass is 387 g/mol. The molecule has 0 spiro atoms. The number of ether oxygens (including phenoxy) is 1. The molecule has 0 aliphatic carbocycles. The smallest absolute Gasteiger partial charge is 0.267 e. The second-order valence-electron chi connectivity index (χ2n) is 6.41. The minimum Gasteiger partial charge on any atom is -0.439 e. The van der Waals surface area contributed by atoms with Crippen molar-refractivity contribution in [3.63, 3.8) is 0 Å². The number of halogens is 1. The molecule has 6 heteroatoms. The number of nitrogens with one attached hydrogen (secondary N) is 2. The molecule has 2 aromatic heterocycles. The minimum atomic E-state index is -0.295. The van der Waals surface area contributed by atoms with Gasteiger partial charge in [-0.2, -0.15) is 0 Å². The van der Waals surface area contributed by atoms with Crippen LogP contribution in [-0.4, -0.2) is 15.9 Å². The molecule has 0 atom stereocenters. The topological polar surface area (TPSA) is 67.0 Å². The van der Waals surface area contributed by atoms with Gasteiger partial charge in [-0.15, -0.1) is 0 Å². The normalized spacial score (nSPS) is 10.5. The van der Waals surface area contributed by atoms with Gasteiger partial charge in [-0.25, -0.2) is 9.37 Å². The number of benzene rings is 2. The molecule has 0 unspecified atom stereocenters. The van der Waals surface area contributed by atoms with Crippen LogP contribution in [0.25, 0.3) is 11.1 Å². The minimum absolute atomic E-state index is 0.227. The zero-order chi connectivity index (χ0) is 20.1. The molecule has 5 nitrogen and oxygen atoms in total. The molecular weight excluding hydrogens is 369 g/mol. The van der Waals surface area contributed by atoms with Crippen molar-refractivity contribution in [3.05, 3.63) is 102 Å². The van der Waals surface area contributed by atoms with Crippen LogP contribution in [-0.2, 0) is 6.54 Å². The number of rotatable bonds is 6. The summed E-state index contributed by atoms with van der Waals surface area (Å²) in [7, 11) is 0. The summed E-state index contributed by atoms with van der Waals surface area (Å²) in [5.41, 5.74) is 2.99. The lowest BCUT2D eigenvalue weighted by molar-refractivity contribution is 0.0946. The van der Waals surface area contributed by atoms with Gasteiger partial charge >= 0.3 is 0 Å². The average molecular weight is 387 g/mol. The van der Waals surface area contributed by atoms with Crippen LogP contribution in [0.3, 0.4) is 0 Å². The van der Waals surface area contributed by atoms with E-state index in [1.54, 1.807) is 36.7 Å². The molecule has 2 N–H and O–H groups in total. The van der Waals surface area contributed by atoms with E-state index in [2.05, 4.69) is 15.3 Å². The molecular formula is C23H18FN3O2. The SMILES string of the molecule is O=C(NCc1cccc(Oc2ccccn2)c1)c1cc(-c2ccc(F)cc2)c[nH]1. The zero-order valence-electron chi connectivity index (χ0n) is 15.4. The van der Waals surface area contributed by atoms with E-state index in [0.29, 0.717) is 23.9 Å². The lowest BCUT2D eigenvalue weighted by Crippen LogP contribution is -2.23. The van der Waals surface area contributed by atoms with Crippen molar-refractivity contribution in [2.75, 3.05) is 0 Å². The van der Waals surface area contributed by atoms with Gasteiger partial charge in [-0.3, -0.25) is 4.79 Å². The summed E-state index contributed by atoms with van der Waals surface area (Å²) in [5.74, 6) is 0.633. The van der Waals surface area contributed by atoms with Crippen molar-refractivity contribution in [1.82, 2.24) is 15.3 Å². The third kappa shape index (κ3) is 4.68. The fraction of sp³-hybridized carbons (Fsp3) is 0.0435. The Labute approximate surface area is 167 Å². The quantitative estimate of drug-likeness (QED) is 0.493. The first-order valence-electron chi connectivity index (χ1n) is 9.08. The number of hydrogen-bond acceptors (Lipinski definition) is 3. The summed E-state index contributed by atoms with van der Waals surface area (Å²) in [6, 6.07) is 20.8. The second-order valence-corrected chi connectivity index (χ2v) is 6.41. The number of pyridine rings is 1. The fourth-order valence-corrected chi connectivity index (χ4v) is 2.86. The molecule has 4 aromatic rings. The number of H-pyrrole nitrogens is 1. The third-order valence-electron chi connectivity index (χ3n) is 4.32. The number of aromatic nitrogens is 2. The molecule has 1 amide bonds. The van der Waals surface area contributed by atoms with Crippen molar-refractivity contribution < 1.29 is 13.9 Å². The maximum atomic E-state index is 13.1. The van der Waals surface area contributed by atoms with Crippen LogP contribution in [0.4, 0.5) is 4.39 Å². The van der Waals surface area contributed by atoms with Crippen LogP contribution in [0.2, 0.25) is 0 Å². The number of amides is 1. The van der Waals surface area contributed by atoms with Gasteiger partial charge in [0.15, 0.2) is 0 Å². The van der Waals surface area contributed by atoms with Crippen molar-refractivity contribution in [2.24, 2.45) is 0 Å². The van der Waals surface area contributed by atoms with Crippen LogP contribution < -0.4 is 10.1 Å². The number of aromatic amines is 1. The van der Waals surface area contributed by atoms with Gasteiger partial charge in [0.05, 0.1) is 0 Å². The molecule has 29 heavy (non-hydrogen) atoms. The van der Waals surface area contributed by atoms with E-state index in [9.17, 15) is 9.18 Å². The van der Waals surface area contributed by atoms with Gasteiger partial charge in [0.2, 0.25) is 5.88 Å². The van der Waals surface area contributed by atoms with Crippen LogP contribution in [0, 0.1) is 5.82 Å². The maximum absolute atomic E-state index is 13.1. The van der Waals surface area contributed by atoms with Gasteiger partial charge in [0, 0.05) is 25.0 Å². The van der Waals surface area contributed by atoms with Gasteiger partial charge in [0.1, 0.15) is 17.3 Å². The lowest BCUT2D eigenvalue weighted by Gasteiger charge is -2.08. The van der Waals surface area contributed by atoms with E-state index >= 15 is 0 Å². The summed E-state index contributed by atoms with van der Waals surface area (Å²) in [6.45, 7) is 0.350. The Kier molecular flexibility index (Phi) is 5.33. The van der Waals surface area contributed by atoms with E-state index in [-0.39, 0.29) is 11.7 Å². The number of hydrogen-bond donors (Lipinski definition) is 2. The molecule has 2 heterocycles. The zero-order valence-corrected chi connectivity index (χ0v) is 15.4. The highest BCUT2D eigenvalue weighted by molar-refractivity contribution is 5.93. The first-order valence-corrected chi connectivity index (χ1v) is 9.08. The summed E-state index contributed by atoms with van der Waals surface area (Å²) in [4.78, 5) is 19.5. The number of carbonyl (C=O) groups is 1. The molecule has 144 valence electrons. The molecule has 2 aromatic carbocycles. The highest BCUT2D eigenvalue weighted by Crippen LogP contribution is 2.21. The van der Waals surface area contributed by atoms with E-state index in [4.69, 9.17) is 4.74 Å². The Hall–Kier alpha value is -3.93. The van der Waals surface area contributed by atoms with Crippen molar-refractivity contribution in [3.8, 4) is 22.8 Å². The summed E-state index contributed by atoms with van der Waals surface area (Å²) in [5, 5.41) is 2.88. The van der Waals surface area contributed by atoms with Crippen molar-refractivity contribution >= 4 is 5.91 Å². The van der Waals surface area contributed by atoms with Crippen LogP contribution in [0.5, 0.6) is 11.6 Å². The predicted octanol–water partition coefficient (Wildman–Crippen LogP) is 4.94. The Balaban J connectivity index is 1.38. The predicted molar refractivity (Wildman–Crippen MR) is 108 cm³/mol. The Morgan fingerprint density at radius 1 is 1.00 bits per heavy atom. The first kappa shape index (κ1) is 18.4. The van der Waals surface area contributed by atoms with E-state index in [1.807, 2.05) is 36.4 Å². The second kappa shape index (κ2) is 8.39. The molecule has 0 saturated carbocycles. The fourth-order valence-electron chi connectivity index (χ4n) is 2.86. The standard InChI is InChI=1S/C23H18FN3O2/c24-19-9-7-17(8-10-19)18-13-21(26-15-18)23(28)27-14-16-4-3-5-20(12-16)29-22-6-1-2-11-25-22/h1-13,15,26H,14H2,(H,27,28). The molecule has 0 saturated heterocycles. The average Bonchev–Trinajstić information content (AvgIpc) is 3.24. The third-order valence-corrected chi connectivity index (χ3v) is 4.32. The largest absolute Gasteiger partial charge is 0.439 e. The van der Waals surface area contributed by atoms with Crippen molar-refractivity contribution in [2.45, 2.75) is 6.54 Å². The molecule has 4 rings (SSSR count). The highest BCUT2D eigenvalue weighted by Gasteiger charge is 2.10. The Morgan fingerprint density at radius 2 is 1.86 bits per heavy atom.